The molecule has 0 unspecified atom stereocenters. The summed E-state index contributed by atoms with van der Waals surface area (Å²) in [5.41, 5.74) is 3.87. The number of thiazole rings is 1. The van der Waals surface area contributed by atoms with Crippen molar-refractivity contribution in [3.63, 3.8) is 0 Å². The molecule has 1 aliphatic rings. The summed E-state index contributed by atoms with van der Waals surface area (Å²) < 4.78 is 10.6. The number of fused-ring (bicyclic) bond motifs is 1. The fourth-order valence-electron chi connectivity index (χ4n) is 2.60. The minimum Gasteiger partial charge on any atom is -0.482 e. The lowest BCUT2D eigenvalue weighted by Gasteiger charge is -2.25. The number of hydrogen-bond acceptors (Lipinski definition) is 6. The smallest absolute Gasteiger partial charge is 0.344 e. The van der Waals surface area contributed by atoms with E-state index < -0.39 is 0 Å². The van der Waals surface area contributed by atoms with Crippen molar-refractivity contribution >= 4 is 62.9 Å². The second-order valence-corrected chi connectivity index (χ2v) is 6.40. The number of halogens is 3. The fourth-order valence-corrected chi connectivity index (χ4v) is 3.71. The average molecular weight is 515 g/mol. The van der Waals surface area contributed by atoms with E-state index in [9.17, 15) is 4.79 Å². The maximum atomic E-state index is 11.5. The number of nitrogens with zero attached hydrogens (tertiary/aromatic N) is 1. The van der Waals surface area contributed by atoms with Crippen LogP contribution in [0.4, 0.5) is 0 Å². The standard InChI is InChI=1S/C16H17ClN2O3S.2BrH/c1-2-21-14(20)8-22-13-4-3-10(17)7-11(13)15-16-12(5-6-18-15)19-9-23-16;;/h3-4,7,9,15,18H,2,5-6,8H2,1H3;2*1H/t15-;;/m1../s1. The zero-order chi connectivity index (χ0) is 16.2. The molecule has 1 aliphatic heterocycles. The zero-order valence-corrected chi connectivity index (χ0v) is 18.5. The summed E-state index contributed by atoms with van der Waals surface area (Å²) in [5.74, 6) is 0.240. The first-order valence-electron chi connectivity index (χ1n) is 7.42. The van der Waals surface area contributed by atoms with Gasteiger partial charge in [-0.2, -0.15) is 0 Å². The molecule has 0 spiro atoms. The van der Waals surface area contributed by atoms with Crippen LogP contribution >= 0.6 is 56.9 Å². The predicted octanol–water partition coefficient (Wildman–Crippen LogP) is 4.13. The van der Waals surface area contributed by atoms with Crippen LogP contribution in [0.15, 0.2) is 23.7 Å². The summed E-state index contributed by atoms with van der Waals surface area (Å²) in [6.45, 7) is 2.82. The van der Waals surface area contributed by atoms with E-state index >= 15 is 0 Å². The maximum Gasteiger partial charge on any atom is 0.344 e. The maximum absolute atomic E-state index is 11.5. The van der Waals surface area contributed by atoms with Gasteiger partial charge in [-0.1, -0.05) is 11.6 Å². The summed E-state index contributed by atoms with van der Waals surface area (Å²) in [6, 6.07) is 5.38. The van der Waals surface area contributed by atoms with Crippen molar-refractivity contribution < 1.29 is 14.3 Å². The van der Waals surface area contributed by atoms with E-state index in [-0.39, 0.29) is 52.6 Å². The molecule has 1 N–H and O–H groups in total. The number of ether oxygens (including phenoxy) is 2. The minimum absolute atomic E-state index is 0. The Kier molecular flexibility index (Phi) is 9.37. The molecule has 25 heavy (non-hydrogen) atoms. The van der Waals surface area contributed by atoms with Crippen LogP contribution in [0.2, 0.25) is 5.02 Å². The lowest BCUT2D eigenvalue weighted by molar-refractivity contribution is -0.145. The van der Waals surface area contributed by atoms with Gasteiger partial charge in [0.15, 0.2) is 6.61 Å². The second kappa shape index (κ2) is 10.5. The molecule has 5 nitrogen and oxygen atoms in total. The van der Waals surface area contributed by atoms with Crippen molar-refractivity contribution in [1.82, 2.24) is 10.3 Å². The van der Waals surface area contributed by atoms with Gasteiger partial charge in [-0.3, -0.25) is 0 Å². The lowest BCUT2D eigenvalue weighted by atomic mass is 9.99. The monoisotopic (exact) mass is 512 g/mol. The van der Waals surface area contributed by atoms with Gasteiger partial charge >= 0.3 is 5.97 Å². The summed E-state index contributed by atoms with van der Waals surface area (Å²) in [7, 11) is 0. The Morgan fingerprint density at radius 1 is 1.44 bits per heavy atom. The number of esters is 1. The fraction of sp³-hybridized carbons (Fsp3) is 0.375. The first kappa shape index (κ1) is 22.4. The van der Waals surface area contributed by atoms with Crippen LogP contribution in [0.3, 0.4) is 0 Å². The molecule has 0 amide bonds. The molecular formula is C16H19Br2ClN2O3S. The minimum atomic E-state index is -0.386. The molecule has 2 aromatic rings. The molecule has 0 bridgehead atoms. The van der Waals surface area contributed by atoms with Crippen LogP contribution in [0.25, 0.3) is 0 Å². The quantitative estimate of drug-likeness (QED) is 0.608. The van der Waals surface area contributed by atoms with E-state index in [1.165, 1.54) is 4.88 Å². The number of aromatic nitrogens is 1. The Bertz CT molecular complexity index is 714. The molecule has 0 radical (unpaired) electrons. The SMILES string of the molecule is Br.Br.CCOC(=O)COc1ccc(Cl)cc1[C@H]1NCCc2ncsc21. The van der Waals surface area contributed by atoms with Gasteiger partial charge in [0.05, 0.1) is 23.9 Å². The van der Waals surface area contributed by atoms with Crippen molar-refractivity contribution in [2.75, 3.05) is 19.8 Å². The highest BCUT2D eigenvalue weighted by molar-refractivity contribution is 8.93. The highest BCUT2D eigenvalue weighted by Crippen LogP contribution is 2.37. The molecule has 0 saturated carbocycles. The van der Waals surface area contributed by atoms with Crippen molar-refractivity contribution in [2.45, 2.75) is 19.4 Å². The van der Waals surface area contributed by atoms with Gasteiger partial charge in [0.25, 0.3) is 0 Å². The van der Waals surface area contributed by atoms with Gasteiger partial charge in [-0.05, 0) is 25.1 Å². The van der Waals surface area contributed by atoms with Gasteiger partial charge in [0, 0.05) is 28.4 Å². The Balaban J connectivity index is 0.00000156. The molecule has 1 aromatic carbocycles. The van der Waals surface area contributed by atoms with E-state index in [2.05, 4.69) is 10.3 Å². The van der Waals surface area contributed by atoms with E-state index in [4.69, 9.17) is 21.1 Å². The van der Waals surface area contributed by atoms with Crippen LogP contribution in [0, 0.1) is 0 Å². The van der Waals surface area contributed by atoms with Gasteiger partial charge in [0.2, 0.25) is 0 Å². The number of carbonyl (C=O) groups is 1. The Morgan fingerprint density at radius 2 is 2.24 bits per heavy atom. The van der Waals surface area contributed by atoms with Crippen molar-refractivity contribution in [2.24, 2.45) is 0 Å². The molecule has 2 heterocycles. The topological polar surface area (TPSA) is 60.5 Å². The average Bonchev–Trinajstić information content (AvgIpc) is 3.02. The highest BCUT2D eigenvalue weighted by atomic mass is 79.9. The van der Waals surface area contributed by atoms with E-state index in [0.29, 0.717) is 17.4 Å². The third kappa shape index (κ3) is 5.40. The number of carbonyl (C=O) groups excluding carboxylic acids is 1. The summed E-state index contributed by atoms with van der Waals surface area (Å²) in [6.07, 6.45) is 0.912. The Hall–Kier alpha value is -0.670. The first-order chi connectivity index (χ1) is 11.2. The van der Waals surface area contributed by atoms with Crippen LogP contribution in [-0.4, -0.2) is 30.7 Å². The molecular weight excluding hydrogens is 496 g/mol. The largest absolute Gasteiger partial charge is 0.482 e. The van der Waals surface area contributed by atoms with E-state index in [1.807, 2.05) is 11.6 Å². The van der Waals surface area contributed by atoms with Crippen molar-refractivity contribution in [1.29, 1.82) is 0 Å². The number of nitrogens with one attached hydrogen (secondary N) is 1. The normalized spacial score (nSPS) is 15.4. The van der Waals surface area contributed by atoms with Gasteiger partial charge in [-0.15, -0.1) is 45.3 Å². The molecule has 1 aromatic heterocycles. The van der Waals surface area contributed by atoms with E-state index in [1.54, 1.807) is 30.4 Å². The highest BCUT2D eigenvalue weighted by Gasteiger charge is 2.26. The molecule has 0 saturated heterocycles. The number of hydrogen-bond donors (Lipinski definition) is 1. The van der Waals surface area contributed by atoms with Crippen LogP contribution in [0.5, 0.6) is 5.75 Å². The predicted molar refractivity (Wildman–Crippen MR) is 110 cm³/mol. The summed E-state index contributed by atoms with van der Waals surface area (Å²) in [5, 5.41) is 4.10. The molecule has 0 fully saturated rings. The van der Waals surface area contributed by atoms with Crippen molar-refractivity contribution in [3.8, 4) is 5.75 Å². The molecule has 138 valence electrons. The number of rotatable bonds is 5. The van der Waals surface area contributed by atoms with Crippen LogP contribution in [-0.2, 0) is 16.0 Å². The molecule has 0 aliphatic carbocycles. The number of benzene rings is 1. The lowest BCUT2D eigenvalue weighted by Crippen LogP contribution is -2.30. The first-order valence-corrected chi connectivity index (χ1v) is 8.68. The summed E-state index contributed by atoms with van der Waals surface area (Å²) >= 11 is 7.77. The van der Waals surface area contributed by atoms with Gasteiger partial charge in [-0.25, -0.2) is 9.78 Å². The zero-order valence-electron chi connectivity index (χ0n) is 13.5. The Labute approximate surface area is 176 Å². The molecule has 1 atom stereocenters. The van der Waals surface area contributed by atoms with Gasteiger partial charge in [0.1, 0.15) is 5.75 Å². The molecule has 3 rings (SSSR count). The summed E-state index contributed by atoms with van der Waals surface area (Å²) in [4.78, 5) is 17.1. The third-order valence-corrected chi connectivity index (χ3v) is 4.75. The van der Waals surface area contributed by atoms with Crippen LogP contribution in [0.1, 0.15) is 29.1 Å². The second-order valence-electron chi connectivity index (χ2n) is 5.08. The van der Waals surface area contributed by atoms with E-state index in [0.717, 1.165) is 24.2 Å². The molecule has 9 heteroatoms. The Morgan fingerprint density at radius 3 is 3.00 bits per heavy atom. The third-order valence-electron chi connectivity index (χ3n) is 3.58. The van der Waals surface area contributed by atoms with Crippen molar-refractivity contribution in [3.05, 3.63) is 44.9 Å². The van der Waals surface area contributed by atoms with Crippen LogP contribution < -0.4 is 10.1 Å². The van der Waals surface area contributed by atoms with Gasteiger partial charge < -0.3 is 14.8 Å².